The zero-order valence-electron chi connectivity index (χ0n) is 12.9. The first kappa shape index (κ1) is 16.5. The number of carbonyl (C=O) groups is 1. The fourth-order valence-corrected chi connectivity index (χ4v) is 1.87. The number of para-hydroxylation sites is 1. The van der Waals surface area contributed by atoms with Gasteiger partial charge in [-0.15, -0.1) is 0 Å². The molecule has 0 aromatic heterocycles. The third-order valence-electron chi connectivity index (χ3n) is 3.70. The van der Waals surface area contributed by atoms with Gasteiger partial charge in [0.05, 0.1) is 12.6 Å². The minimum atomic E-state index is -0.427. The van der Waals surface area contributed by atoms with Crippen molar-refractivity contribution in [3.8, 4) is 5.75 Å². The molecular formula is C16H26N2O2. The molecule has 0 radical (unpaired) electrons. The van der Waals surface area contributed by atoms with Crippen LogP contribution in [0.25, 0.3) is 0 Å². The van der Waals surface area contributed by atoms with Crippen molar-refractivity contribution in [1.29, 1.82) is 0 Å². The van der Waals surface area contributed by atoms with Crippen molar-refractivity contribution in [2.45, 2.75) is 33.2 Å². The molecule has 0 aliphatic carbocycles. The molecule has 2 unspecified atom stereocenters. The van der Waals surface area contributed by atoms with Crippen molar-refractivity contribution < 1.29 is 9.53 Å². The van der Waals surface area contributed by atoms with E-state index in [0.29, 0.717) is 13.2 Å². The minimum absolute atomic E-state index is 0.0206. The fraction of sp³-hybridized carbons (Fsp3) is 0.562. The van der Waals surface area contributed by atoms with E-state index in [1.165, 1.54) is 0 Å². The van der Waals surface area contributed by atoms with Gasteiger partial charge in [0.2, 0.25) is 5.91 Å². The van der Waals surface area contributed by atoms with Gasteiger partial charge in [-0.05, 0) is 24.5 Å². The third kappa shape index (κ3) is 4.53. The highest BCUT2D eigenvalue weighted by molar-refractivity contribution is 5.81. The topological polar surface area (TPSA) is 55.6 Å². The number of amides is 1. The maximum absolute atomic E-state index is 12.1. The van der Waals surface area contributed by atoms with E-state index in [1.807, 2.05) is 45.0 Å². The van der Waals surface area contributed by atoms with Gasteiger partial charge in [0.15, 0.2) is 0 Å². The lowest BCUT2D eigenvalue weighted by molar-refractivity contribution is -0.132. The van der Waals surface area contributed by atoms with E-state index in [-0.39, 0.29) is 11.8 Å². The summed E-state index contributed by atoms with van der Waals surface area (Å²) in [5.41, 5.74) is 7.04. The second-order valence-electron chi connectivity index (χ2n) is 5.29. The summed E-state index contributed by atoms with van der Waals surface area (Å²) >= 11 is 0. The van der Waals surface area contributed by atoms with Crippen LogP contribution in [0.3, 0.4) is 0 Å². The van der Waals surface area contributed by atoms with Crippen LogP contribution in [0.15, 0.2) is 24.3 Å². The fourth-order valence-electron chi connectivity index (χ4n) is 1.87. The molecule has 0 saturated carbocycles. The van der Waals surface area contributed by atoms with Gasteiger partial charge in [0.25, 0.3) is 0 Å². The number of aryl methyl sites for hydroxylation is 1. The molecule has 20 heavy (non-hydrogen) atoms. The monoisotopic (exact) mass is 278 g/mol. The Bertz CT molecular complexity index is 434. The molecule has 0 bridgehead atoms. The van der Waals surface area contributed by atoms with E-state index in [4.69, 9.17) is 10.5 Å². The normalized spacial score (nSPS) is 13.7. The van der Waals surface area contributed by atoms with Gasteiger partial charge in [0, 0.05) is 7.05 Å². The van der Waals surface area contributed by atoms with Gasteiger partial charge in [-0.1, -0.05) is 38.5 Å². The molecule has 0 heterocycles. The van der Waals surface area contributed by atoms with E-state index in [2.05, 4.69) is 0 Å². The number of ether oxygens (including phenoxy) is 1. The Morgan fingerprint density at radius 3 is 2.65 bits per heavy atom. The largest absolute Gasteiger partial charge is 0.491 e. The molecule has 1 aromatic rings. The second-order valence-corrected chi connectivity index (χ2v) is 5.29. The van der Waals surface area contributed by atoms with Crippen LogP contribution < -0.4 is 10.5 Å². The molecule has 0 fully saturated rings. The molecule has 1 aromatic carbocycles. The molecule has 1 rings (SSSR count). The van der Waals surface area contributed by atoms with Crippen LogP contribution in [-0.2, 0) is 4.79 Å². The maximum Gasteiger partial charge on any atom is 0.239 e. The molecule has 4 nitrogen and oxygen atoms in total. The Balaban J connectivity index is 2.42. The molecule has 1 amide bonds. The third-order valence-corrected chi connectivity index (χ3v) is 3.70. The number of likely N-dealkylation sites (N-methyl/N-ethyl adjacent to an activating group) is 1. The first-order valence-electron chi connectivity index (χ1n) is 7.16. The molecular weight excluding hydrogens is 252 g/mol. The molecule has 2 N–H and O–H groups in total. The lowest BCUT2D eigenvalue weighted by Crippen LogP contribution is -2.46. The van der Waals surface area contributed by atoms with Crippen molar-refractivity contribution >= 4 is 5.91 Å². The van der Waals surface area contributed by atoms with Gasteiger partial charge in [-0.25, -0.2) is 0 Å². The van der Waals surface area contributed by atoms with Crippen LogP contribution >= 0.6 is 0 Å². The maximum atomic E-state index is 12.1. The summed E-state index contributed by atoms with van der Waals surface area (Å²) in [6, 6.07) is 7.42. The van der Waals surface area contributed by atoms with Crippen molar-refractivity contribution in [3.05, 3.63) is 29.8 Å². The highest BCUT2D eigenvalue weighted by atomic mass is 16.5. The predicted octanol–water partition coefficient (Wildman–Crippen LogP) is 2.21. The molecule has 2 atom stereocenters. The van der Waals surface area contributed by atoms with Gasteiger partial charge in [-0.2, -0.15) is 0 Å². The average molecular weight is 278 g/mol. The van der Waals surface area contributed by atoms with Crippen LogP contribution in [0.1, 0.15) is 25.8 Å². The summed E-state index contributed by atoms with van der Waals surface area (Å²) in [5, 5.41) is 0. The van der Waals surface area contributed by atoms with Crippen LogP contribution in [0, 0.1) is 12.8 Å². The number of carbonyl (C=O) groups excluding carboxylic acids is 1. The Morgan fingerprint density at radius 1 is 1.40 bits per heavy atom. The summed E-state index contributed by atoms with van der Waals surface area (Å²) in [5.74, 6) is 1.04. The van der Waals surface area contributed by atoms with Crippen molar-refractivity contribution in [1.82, 2.24) is 4.90 Å². The minimum Gasteiger partial charge on any atom is -0.491 e. The average Bonchev–Trinajstić information content (AvgIpc) is 2.46. The number of rotatable bonds is 7. The number of nitrogens with zero attached hydrogens (tertiary/aromatic N) is 1. The number of hydrogen-bond acceptors (Lipinski definition) is 3. The Labute approximate surface area is 121 Å². The van der Waals surface area contributed by atoms with E-state index in [9.17, 15) is 4.79 Å². The standard InChI is InChI=1S/C16H26N2O2/c1-5-12(2)15(17)16(19)18(4)10-11-20-14-9-7-6-8-13(14)3/h6-9,12,15H,5,10-11,17H2,1-4H3. The van der Waals surface area contributed by atoms with Crippen LogP contribution in [0.2, 0.25) is 0 Å². The molecule has 0 aliphatic rings. The van der Waals surface area contributed by atoms with E-state index < -0.39 is 6.04 Å². The summed E-state index contributed by atoms with van der Waals surface area (Å²) in [6.45, 7) is 7.06. The Morgan fingerprint density at radius 2 is 2.05 bits per heavy atom. The van der Waals surface area contributed by atoms with Crippen molar-refractivity contribution in [3.63, 3.8) is 0 Å². The number of nitrogens with two attached hydrogens (primary N) is 1. The zero-order chi connectivity index (χ0) is 15.1. The molecule has 4 heteroatoms. The van der Waals surface area contributed by atoms with Gasteiger partial charge < -0.3 is 15.4 Å². The van der Waals surface area contributed by atoms with Gasteiger partial charge >= 0.3 is 0 Å². The zero-order valence-corrected chi connectivity index (χ0v) is 12.9. The van der Waals surface area contributed by atoms with Crippen LogP contribution in [-0.4, -0.2) is 37.0 Å². The summed E-state index contributed by atoms with van der Waals surface area (Å²) < 4.78 is 5.69. The molecule has 0 aliphatic heterocycles. The smallest absolute Gasteiger partial charge is 0.239 e. The quantitative estimate of drug-likeness (QED) is 0.832. The molecule has 112 valence electrons. The van der Waals surface area contributed by atoms with E-state index >= 15 is 0 Å². The van der Waals surface area contributed by atoms with Gasteiger partial charge in [-0.3, -0.25) is 4.79 Å². The highest BCUT2D eigenvalue weighted by Crippen LogP contribution is 2.16. The predicted molar refractivity (Wildman–Crippen MR) is 81.7 cm³/mol. The first-order chi connectivity index (χ1) is 9.47. The molecule has 0 spiro atoms. The molecule has 0 saturated heterocycles. The Hall–Kier alpha value is -1.55. The SMILES string of the molecule is CCC(C)C(N)C(=O)N(C)CCOc1ccccc1C. The summed E-state index contributed by atoms with van der Waals surface area (Å²) in [6.07, 6.45) is 0.903. The lowest BCUT2D eigenvalue weighted by atomic mass is 9.99. The van der Waals surface area contributed by atoms with E-state index in [1.54, 1.807) is 11.9 Å². The van der Waals surface area contributed by atoms with Crippen LogP contribution in [0.4, 0.5) is 0 Å². The van der Waals surface area contributed by atoms with Crippen LogP contribution in [0.5, 0.6) is 5.75 Å². The second kappa shape index (κ2) is 7.90. The van der Waals surface area contributed by atoms with Gasteiger partial charge in [0.1, 0.15) is 12.4 Å². The number of benzene rings is 1. The lowest BCUT2D eigenvalue weighted by Gasteiger charge is -2.24. The Kier molecular flexibility index (Phi) is 6.52. The van der Waals surface area contributed by atoms with Crippen molar-refractivity contribution in [2.75, 3.05) is 20.2 Å². The van der Waals surface area contributed by atoms with Crippen molar-refractivity contribution in [2.24, 2.45) is 11.7 Å². The number of hydrogen-bond donors (Lipinski definition) is 1. The highest BCUT2D eigenvalue weighted by Gasteiger charge is 2.22. The summed E-state index contributed by atoms with van der Waals surface area (Å²) in [4.78, 5) is 13.7. The van der Waals surface area contributed by atoms with E-state index in [0.717, 1.165) is 17.7 Å². The first-order valence-corrected chi connectivity index (χ1v) is 7.16. The summed E-state index contributed by atoms with van der Waals surface area (Å²) in [7, 11) is 1.77.